The molecule has 0 aliphatic heterocycles. The summed E-state index contributed by atoms with van der Waals surface area (Å²) < 4.78 is 28.6. The summed E-state index contributed by atoms with van der Waals surface area (Å²) in [4.78, 5) is 55.6. The molecule has 2 aromatic rings. The van der Waals surface area contributed by atoms with Crippen LogP contribution in [0.4, 0.5) is 24.0 Å². The Morgan fingerprint density at radius 2 is 0.750 bits per heavy atom. The fraction of sp³-hybridized carbons (Fsp3) is 0.727. The van der Waals surface area contributed by atoms with E-state index >= 15 is 0 Å². The number of halogens is 5. The second kappa shape index (κ2) is 59.6. The first-order chi connectivity index (χ1) is 36.7. The first-order valence-corrected chi connectivity index (χ1v) is 24.4. The predicted octanol–water partition coefficient (Wildman–Crippen LogP) is 0.306. The maximum Gasteiger partial charge on any atom is 1.00 e. The first-order valence-electron chi connectivity index (χ1n) is 23.0. The van der Waals surface area contributed by atoms with Crippen molar-refractivity contribution in [1.82, 2.24) is 73.5 Å². The molecule has 0 fully saturated rings. The van der Waals surface area contributed by atoms with Gasteiger partial charge in [0.15, 0.2) is 33.5 Å². The van der Waals surface area contributed by atoms with E-state index in [9.17, 15) is 24.0 Å². The quantitative estimate of drug-likeness (QED) is 0.0359. The van der Waals surface area contributed by atoms with Crippen LogP contribution >= 0.6 is 59.6 Å². The molecule has 0 bridgehead atoms. The van der Waals surface area contributed by atoms with Gasteiger partial charge in [0.1, 0.15) is 40.4 Å². The fourth-order valence-electron chi connectivity index (χ4n) is 3.22. The molecule has 0 unspecified atom stereocenters. The van der Waals surface area contributed by atoms with E-state index in [1.165, 1.54) is 7.11 Å². The Bertz CT molecular complexity index is 1950. The van der Waals surface area contributed by atoms with Gasteiger partial charge in [-0.05, 0) is 104 Å². The van der Waals surface area contributed by atoms with Gasteiger partial charge in [-0.2, -0.15) is 12.4 Å². The van der Waals surface area contributed by atoms with Gasteiger partial charge in [-0.15, -0.1) is 65.6 Å². The first kappa shape index (κ1) is 104. The predicted molar refractivity (Wildman–Crippen MR) is 315 cm³/mol. The normalized spacial score (nSPS) is 9.56. The second-order valence-electron chi connectivity index (χ2n) is 18.7. The molecule has 0 spiro atoms. The van der Waals surface area contributed by atoms with Gasteiger partial charge in [0.05, 0.1) is 52.4 Å². The average Bonchev–Trinajstić information content (AvgIpc) is 3.33. The summed E-state index contributed by atoms with van der Waals surface area (Å²) in [6.45, 7) is 27.1. The van der Waals surface area contributed by atoms with Crippen molar-refractivity contribution >= 4 is 102 Å². The van der Waals surface area contributed by atoms with Crippen LogP contribution in [0, 0.1) is 22.1 Å². The molecule has 0 radical (unpaired) electrons. The van der Waals surface area contributed by atoms with Crippen molar-refractivity contribution in [3.05, 3.63) is 23.3 Å². The van der Waals surface area contributed by atoms with E-state index in [1.807, 2.05) is 0 Å². The summed E-state index contributed by atoms with van der Waals surface area (Å²) in [7, 11) is 4.12. The summed E-state index contributed by atoms with van der Waals surface area (Å²) >= 11 is 14.4. The van der Waals surface area contributed by atoms with E-state index in [2.05, 4.69) is 72.1 Å². The van der Waals surface area contributed by atoms with Crippen molar-refractivity contribution in [3.63, 3.8) is 0 Å². The van der Waals surface area contributed by atoms with Crippen molar-refractivity contribution in [2.24, 2.45) is 17.2 Å². The Labute approximate surface area is 542 Å². The van der Waals surface area contributed by atoms with Gasteiger partial charge in [-0.25, -0.2) is 24.0 Å². The summed E-state index contributed by atoms with van der Waals surface area (Å²) in [5, 5.41) is 86.0. The van der Waals surface area contributed by atoms with Crippen LogP contribution in [0.2, 0.25) is 0 Å². The van der Waals surface area contributed by atoms with Gasteiger partial charge < -0.3 is 93.7 Å². The molecule has 0 aliphatic rings. The zero-order valence-corrected chi connectivity index (χ0v) is 57.6. The third-order valence-electron chi connectivity index (χ3n) is 5.64. The Morgan fingerprint density at radius 3 is 0.952 bits per heavy atom. The number of amides is 5. The Hall–Kier alpha value is -5.13. The van der Waals surface area contributed by atoms with Gasteiger partial charge in [0.2, 0.25) is 0 Å². The van der Waals surface area contributed by atoms with Gasteiger partial charge >= 0.3 is 60.0 Å². The van der Waals surface area contributed by atoms with E-state index < -0.39 is 62.8 Å². The minimum absolute atomic E-state index is 0. The van der Waals surface area contributed by atoms with E-state index in [-0.39, 0.29) is 130 Å². The average molecular weight is 1330 g/mol. The number of hydrogen-bond donors (Lipinski definition) is 13. The third-order valence-corrected chi connectivity index (χ3v) is 5.64. The molecule has 40 heteroatoms. The number of rotatable bonds is 11. The molecule has 34 nitrogen and oxygen atoms in total. The third kappa shape index (κ3) is 90.6. The number of amidine groups is 1. The van der Waals surface area contributed by atoms with E-state index in [4.69, 9.17) is 107 Å². The molecular formula is C44H92Cl5N20NaO14. The molecule has 2 aromatic heterocycles. The molecule has 0 saturated heterocycles. The molecule has 0 aliphatic carbocycles. The number of nitrogens with zero attached hydrogens (tertiary/aromatic N) is 9. The summed E-state index contributed by atoms with van der Waals surface area (Å²) in [6.07, 6.45) is -2.82. The van der Waals surface area contributed by atoms with Gasteiger partial charge in [0.25, 0.3) is 0 Å². The van der Waals surface area contributed by atoms with Crippen LogP contribution in [0.3, 0.4) is 0 Å². The SMILES string of the molecule is CC(C)(C)OC(=O)NCC#N.CC(C)(C)OC(=O)NCC(=N)N.CC(C)(C)OC(=O)NCc1nnc(CNC(=O)OC(C)(C)C)nn1.CO.CO.COC(=N)CNC(=O)OC(C)(C)C.C[O-].Cl.Cl.ClC(Cl)Cl.N.NCc1nnc(CN)nn1.[Na+]. The molecule has 0 aromatic carbocycles. The van der Waals surface area contributed by atoms with Gasteiger partial charge in [0, 0.05) is 14.2 Å². The van der Waals surface area contributed by atoms with Crippen LogP contribution in [0.5, 0.6) is 0 Å². The molecule has 0 saturated carbocycles. The molecule has 5 amide bonds. The molecule has 488 valence electrons. The number of carbonyl (C=O) groups excluding carboxylic acids is 5. The molecule has 2 heterocycles. The second-order valence-corrected chi connectivity index (χ2v) is 20.7. The number of hydrogen-bond acceptors (Lipinski definition) is 28. The topological polar surface area (TPSA) is 552 Å². The number of methoxy groups -OCH3 is 1. The van der Waals surface area contributed by atoms with Crippen LogP contribution in [0.15, 0.2) is 0 Å². The largest absolute Gasteiger partial charge is 1.00 e. The minimum Gasteiger partial charge on any atom is -0.857 e. The summed E-state index contributed by atoms with van der Waals surface area (Å²) in [5.74, 6) is 1.20. The smallest absolute Gasteiger partial charge is 0.857 e. The number of ether oxygens (including phenoxy) is 6. The van der Waals surface area contributed by atoms with E-state index in [0.717, 1.165) is 21.3 Å². The van der Waals surface area contributed by atoms with Gasteiger partial charge in [-0.3, -0.25) is 10.8 Å². The number of aromatic nitrogens is 8. The zero-order valence-electron chi connectivity index (χ0n) is 51.7. The van der Waals surface area contributed by atoms with E-state index in [0.29, 0.717) is 11.6 Å². The van der Waals surface area contributed by atoms with Crippen molar-refractivity contribution in [2.45, 2.75) is 162 Å². The van der Waals surface area contributed by atoms with Crippen molar-refractivity contribution in [1.29, 1.82) is 16.1 Å². The molecule has 84 heavy (non-hydrogen) atoms. The van der Waals surface area contributed by atoms with Crippen LogP contribution < -0.4 is 84.6 Å². The Balaban J connectivity index is -0.0000000866. The maximum atomic E-state index is 11.5. The van der Waals surface area contributed by atoms with E-state index in [1.54, 1.807) is 110 Å². The van der Waals surface area contributed by atoms with Crippen LogP contribution in [0.1, 0.15) is 127 Å². The fourth-order valence-corrected chi connectivity index (χ4v) is 3.22. The minimum atomic E-state index is -0.750. The molecule has 2 rings (SSSR count). The maximum absolute atomic E-state index is 11.5. The summed E-state index contributed by atoms with van der Waals surface area (Å²) in [5.41, 5.74) is 12.7. The molecule has 18 N–H and O–H groups in total. The number of carbonyl (C=O) groups is 5. The van der Waals surface area contributed by atoms with Crippen LogP contribution in [-0.4, -0.2) is 174 Å². The number of nitrogens with one attached hydrogen (secondary N) is 7. The van der Waals surface area contributed by atoms with Crippen molar-refractivity contribution in [3.8, 4) is 6.07 Å². The summed E-state index contributed by atoms with van der Waals surface area (Å²) in [6, 6.07) is 1.77. The van der Waals surface area contributed by atoms with Gasteiger partial charge in [-0.1, -0.05) is 34.8 Å². The van der Waals surface area contributed by atoms with Crippen molar-refractivity contribution in [2.75, 3.05) is 48.1 Å². The number of nitriles is 1. The number of aliphatic hydroxyl groups is 2. The Morgan fingerprint density at radius 1 is 0.536 bits per heavy atom. The number of alkyl carbamates (subject to hydrolysis) is 5. The van der Waals surface area contributed by atoms with Crippen LogP contribution in [0.25, 0.3) is 0 Å². The van der Waals surface area contributed by atoms with Crippen molar-refractivity contribution < 1.29 is 97.3 Å². The Kier molecular flexibility index (Phi) is 73.7. The number of aliphatic hydroxyl groups excluding tert-OH is 2. The molecule has 0 atom stereocenters. The van der Waals surface area contributed by atoms with Crippen LogP contribution in [-0.2, 0) is 54.6 Å². The number of alkyl halides is 3. The monoisotopic (exact) mass is 1320 g/mol. The zero-order chi connectivity index (χ0) is 64.5. The molecular weight excluding hydrogens is 1230 g/mol. The standard InChI is InChI=1S/C14H24N6O4.C8H16N2O3.C7H15N3O2.C7H12N2O2.C4H8N6.CHCl3.2CH4O.CH3O.2ClH.H3N.Na/c1-13(2,3)23-11(21)15-7-9-17-19-10(20-18-9)8-16-12(22)24-14(4,5)6;1-8(2,3)13-7(11)10-5-6(9)12-4;1-7(2,3)12-6(11)10-4-5(8)9;1-7(2,3)11-6(10)9-5-4-8;5-1-3-7-9-4(2-6)10-8-3;2-1(3)4;3*1-2;;;;/h7-8H2,1-6H3,(H,15,21)(H,16,22);9H,5H2,1-4H3,(H,10,11);4H2,1-3H3,(H3,8,9)(H,10,11);5H2,1-3H3,(H,9,10);1-2,5-6H2;1H;2*2H,1H3;1H3;2*1H;1H3;/q;;;;;;;;-1;;;;+1. The number of nitrogens with two attached hydrogens (primary N) is 3.